The molecule has 0 spiro atoms. The number of aromatic nitrogens is 2. The molecule has 0 aliphatic rings. The lowest BCUT2D eigenvalue weighted by molar-refractivity contribution is -0.175. The van der Waals surface area contributed by atoms with E-state index < -0.39 is 24.1 Å². The number of hydrogen-bond donors (Lipinski definition) is 2. The number of imidazole rings is 1. The molecule has 2 N–H and O–H groups in total. The molecule has 0 bridgehead atoms. The van der Waals surface area contributed by atoms with E-state index in [1.165, 1.54) is 17.8 Å². The highest BCUT2D eigenvalue weighted by molar-refractivity contribution is 5.87. The molecule has 1 heterocycles. The van der Waals surface area contributed by atoms with E-state index >= 15 is 0 Å². The maximum absolute atomic E-state index is 12.0. The van der Waals surface area contributed by atoms with Crippen molar-refractivity contribution in [1.82, 2.24) is 14.9 Å². The largest absolute Gasteiger partial charge is 0.480 e. The van der Waals surface area contributed by atoms with Gasteiger partial charge in [0.25, 0.3) is 0 Å². The zero-order chi connectivity index (χ0) is 14.6. The Morgan fingerprint density at radius 2 is 2.16 bits per heavy atom. The number of aryl methyl sites for hydroxylation is 1. The molecule has 0 aliphatic heterocycles. The van der Waals surface area contributed by atoms with Crippen molar-refractivity contribution in [3.05, 3.63) is 18.2 Å². The van der Waals surface area contributed by atoms with Gasteiger partial charge in [0.15, 0.2) is 0 Å². The van der Waals surface area contributed by atoms with Crippen LogP contribution >= 0.6 is 0 Å². The second-order valence-corrected chi connectivity index (χ2v) is 3.76. The van der Waals surface area contributed by atoms with Gasteiger partial charge < -0.3 is 15.0 Å². The summed E-state index contributed by atoms with van der Waals surface area (Å²) in [5.41, 5.74) is 0.289. The van der Waals surface area contributed by atoms with Crippen LogP contribution in [0.1, 0.15) is 12.6 Å². The number of carboxylic acids is 1. The zero-order valence-electron chi connectivity index (χ0n) is 9.94. The molecule has 19 heavy (non-hydrogen) atoms. The molecule has 1 unspecified atom stereocenters. The topological polar surface area (TPSA) is 84.2 Å². The predicted molar refractivity (Wildman–Crippen MR) is 57.2 cm³/mol. The Morgan fingerprint density at radius 1 is 1.53 bits per heavy atom. The lowest BCUT2D eigenvalue weighted by Crippen LogP contribution is -2.47. The van der Waals surface area contributed by atoms with Gasteiger partial charge in [0.05, 0.1) is 12.0 Å². The third kappa shape index (κ3) is 4.27. The van der Waals surface area contributed by atoms with Crippen molar-refractivity contribution in [2.24, 2.45) is 0 Å². The van der Waals surface area contributed by atoms with Crippen molar-refractivity contribution < 1.29 is 27.9 Å². The summed E-state index contributed by atoms with van der Waals surface area (Å²) in [4.78, 5) is 25.4. The molecule has 0 aliphatic carbocycles. The minimum atomic E-state index is -5.11. The summed E-state index contributed by atoms with van der Waals surface area (Å²) < 4.78 is 37.8. The molecule has 9 heteroatoms. The number of nitrogens with one attached hydrogen (secondary N) is 1. The Kier molecular flexibility index (Phi) is 4.52. The van der Waals surface area contributed by atoms with E-state index in [-0.39, 0.29) is 12.1 Å². The van der Waals surface area contributed by atoms with Gasteiger partial charge in [-0.15, -0.1) is 0 Å². The Balaban J connectivity index is 2.73. The third-order valence-corrected chi connectivity index (χ3v) is 2.33. The molecule has 0 saturated heterocycles. The maximum atomic E-state index is 12.0. The summed E-state index contributed by atoms with van der Waals surface area (Å²) in [5.74, 6) is -3.83. The molecular weight excluding hydrogens is 267 g/mol. The highest BCUT2D eigenvalue weighted by Gasteiger charge is 2.40. The summed E-state index contributed by atoms with van der Waals surface area (Å²) >= 11 is 0. The van der Waals surface area contributed by atoms with Gasteiger partial charge in [-0.1, -0.05) is 0 Å². The highest BCUT2D eigenvalue weighted by Crippen LogP contribution is 2.15. The average Bonchev–Trinajstić information content (AvgIpc) is 2.74. The summed E-state index contributed by atoms with van der Waals surface area (Å²) in [6.45, 7) is 2.42. The molecular formula is C10H12F3N3O3. The van der Waals surface area contributed by atoms with Gasteiger partial charge >= 0.3 is 18.1 Å². The molecule has 1 amide bonds. The number of halogens is 3. The highest BCUT2D eigenvalue weighted by atomic mass is 19.4. The van der Waals surface area contributed by atoms with Crippen LogP contribution in [0, 0.1) is 0 Å². The Morgan fingerprint density at radius 3 is 2.58 bits per heavy atom. The van der Waals surface area contributed by atoms with Gasteiger partial charge in [-0.05, 0) is 6.92 Å². The van der Waals surface area contributed by atoms with Crippen LogP contribution in [-0.2, 0) is 22.6 Å². The number of carbonyl (C=O) groups is 2. The summed E-state index contributed by atoms with van der Waals surface area (Å²) in [5, 5.41) is 10.2. The molecule has 1 atom stereocenters. The summed E-state index contributed by atoms with van der Waals surface area (Å²) in [6, 6.07) is -1.67. The summed E-state index contributed by atoms with van der Waals surface area (Å²) in [6.07, 6.45) is -2.49. The number of carbonyl (C=O) groups excluding carboxylic acids is 1. The van der Waals surface area contributed by atoms with E-state index in [4.69, 9.17) is 5.11 Å². The second kappa shape index (κ2) is 5.72. The fraction of sp³-hybridized carbons (Fsp3) is 0.500. The van der Waals surface area contributed by atoms with Gasteiger partial charge in [0.1, 0.15) is 6.04 Å². The quantitative estimate of drug-likeness (QED) is 0.825. The van der Waals surface area contributed by atoms with Crippen LogP contribution in [0.3, 0.4) is 0 Å². The monoisotopic (exact) mass is 279 g/mol. The average molecular weight is 279 g/mol. The predicted octanol–water partition coefficient (Wildman–Crippen LogP) is 0.577. The molecule has 1 aromatic rings. The van der Waals surface area contributed by atoms with E-state index in [1.54, 1.807) is 4.57 Å². The first-order valence-electron chi connectivity index (χ1n) is 5.35. The van der Waals surface area contributed by atoms with Crippen molar-refractivity contribution in [1.29, 1.82) is 0 Å². The van der Waals surface area contributed by atoms with Gasteiger partial charge in [0, 0.05) is 19.2 Å². The number of carboxylic acid groups (broad SMARTS) is 1. The van der Waals surface area contributed by atoms with Crippen LogP contribution in [0.25, 0.3) is 0 Å². The summed E-state index contributed by atoms with van der Waals surface area (Å²) in [7, 11) is 0. The van der Waals surface area contributed by atoms with Crippen molar-refractivity contribution in [3.8, 4) is 0 Å². The molecule has 6 nitrogen and oxygen atoms in total. The van der Waals surface area contributed by atoms with Crippen LogP contribution in [0.15, 0.2) is 12.5 Å². The van der Waals surface area contributed by atoms with Crippen LogP contribution in [0.4, 0.5) is 13.2 Å². The standard InChI is InChI=1S/C10H12F3N3O3/c1-2-16-4-6(14-5-16)3-7(8(17)18)15-9(19)10(11,12)13/h4-5,7H,2-3H2,1H3,(H,15,19)(H,17,18). The Hall–Kier alpha value is -2.06. The first-order chi connectivity index (χ1) is 8.74. The van der Waals surface area contributed by atoms with Crippen LogP contribution in [0.2, 0.25) is 0 Å². The van der Waals surface area contributed by atoms with E-state index in [0.717, 1.165) is 0 Å². The van der Waals surface area contributed by atoms with Crippen molar-refractivity contribution in [2.45, 2.75) is 32.1 Å². The van der Waals surface area contributed by atoms with Crippen LogP contribution in [0.5, 0.6) is 0 Å². The van der Waals surface area contributed by atoms with Crippen LogP contribution in [-0.4, -0.2) is 38.8 Å². The fourth-order valence-corrected chi connectivity index (χ4v) is 1.33. The number of alkyl halides is 3. The molecule has 1 rings (SSSR count). The van der Waals surface area contributed by atoms with E-state index in [1.807, 2.05) is 6.92 Å². The number of nitrogens with zero attached hydrogens (tertiary/aromatic N) is 2. The van der Waals surface area contributed by atoms with Gasteiger partial charge in [-0.3, -0.25) is 4.79 Å². The number of rotatable bonds is 5. The van der Waals surface area contributed by atoms with Crippen LogP contribution < -0.4 is 5.32 Å². The molecule has 0 radical (unpaired) electrons. The molecule has 1 aromatic heterocycles. The smallest absolute Gasteiger partial charge is 0.471 e. The van der Waals surface area contributed by atoms with Gasteiger partial charge in [0.2, 0.25) is 0 Å². The first-order valence-corrected chi connectivity index (χ1v) is 5.35. The Labute approximate surface area is 106 Å². The normalized spacial score (nSPS) is 13.1. The van der Waals surface area contributed by atoms with Gasteiger partial charge in [-0.25, -0.2) is 9.78 Å². The molecule has 0 aromatic carbocycles. The van der Waals surface area contributed by atoms with E-state index in [2.05, 4.69) is 4.98 Å². The first kappa shape index (κ1) is 15.0. The molecule has 106 valence electrons. The van der Waals surface area contributed by atoms with E-state index in [0.29, 0.717) is 6.54 Å². The van der Waals surface area contributed by atoms with Crippen molar-refractivity contribution in [3.63, 3.8) is 0 Å². The SMILES string of the molecule is CCn1cnc(CC(NC(=O)C(F)(F)F)C(=O)O)c1. The minimum Gasteiger partial charge on any atom is -0.480 e. The Bertz CT molecular complexity index is 470. The molecule has 0 saturated carbocycles. The molecule has 0 fully saturated rings. The number of hydrogen-bond acceptors (Lipinski definition) is 3. The van der Waals surface area contributed by atoms with Gasteiger partial charge in [-0.2, -0.15) is 13.2 Å². The number of aliphatic carboxylic acids is 1. The lowest BCUT2D eigenvalue weighted by atomic mass is 10.1. The maximum Gasteiger partial charge on any atom is 0.471 e. The second-order valence-electron chi connectivity index (χ2n) is 3.76. The zero-order valence-corrected chi connectivity index (χ0v) is 9.94. The van der Waals surface area contributed by atoms with Crippen molar-refractivity contribution >= 4 is 11.9 Å². The van der Waals surface area contributed by atoms with Crippen molar-refractivity contribution in [2.75, 3.05) is 0 Å². The van der Waals surface area contributed by atoms with E-state index in [9.17, 15) is 22.8 Å². The minimum absolute atomic E-state index is 0.289. The lowest BCUT2D eigenvalue weighted by Gasteiger charge is -2.14. The third-order valence-electron chi connectivity index (χ3n) is 2.33. The fourth-order valence-electron chi connectivity index (χ4n) is 1.33. The number of amides is 1.